The maximum atomic E-state index is 12.6. The number of phosphoric ester groups is 1. The van der Waals surface area contributed by atoms with E-state index < -0.39 is 51.8 Å². The molecule has 0 aliphatic carbocycles. The van der Waals surface area contributed by atoms with Gasteiger partial charge in [-0.2, -0.15) is 0 Å². The Hall–Kier alpha value is -2.33. The van der Waals surface area contributed by atoms with Crippen LogP contribution in [0.3, 0.4) is 0 Å². The molecule has 10 nitrogen and oxygen atoms in total. The second kappa shape index (κ2) is 41.8. The summed E-state index contributed by atoms with van der Waals surface area (Å²) in [6.07, 6.45) is 46.1. The van der Waals surface area contributed by atoms with E-state index in [9.17, 15) is 24.2 Å². The number of aliphatic hydroxyl groups is 2. The summed E-state index contributed by atoms with van der Waals surface area (Å²) in [6, 6.07) is 0. The molecule has 0 heterocycles. The molecule has 0 aromatic heterocycles. The van der Waals surface area contributed by atoms with Crippen LogP contribution in [0, 0.1) is 0 Å². The molecule has 57 heavy (non-hydrogen) atoms. The van der Waals surface area contributed by atoms with Crippen LogP contribution >= 0.6 is 7.82 Å². The highest BCUT2D eigenvalue weighted by Crippen LogP contribution is 2.43. The number of rotatable bonds is 41. The fourth-order valence-electron chi connectivity index (χ4n) is 5.74. The Morgan fingerprint density at radius 3 is 1.46 bits per heavy atom. The van der Waals surface area contributed by atoms with Crippen LogP contribution in [-0.4, -0.2) is 65.7 Å². The summed E-state index contributed by atoms with van der Waals surface area (Å²) in [5.74, 6) is -0.947. The Balaban J connectivity index is 4.31. The molecule has 0 rings (SSSR count). The van der Waals surface area contributed by atoms with Crippen molar-refractivity contribution in [3.8, 4) is 0 Å². The molecule has 0 aliphatic heterocycles. The van der Waals surface area contributed by atoms with E-state index in [0.717, 1.165) is 83.5 Å². The number of hydrogen-bond acceptors (Lipinski definition) is 9. The summed E-state index contributed by atoms with van der Waals surface area (Å²) in [6.45, 7) is 2.22. The zero-order valence-electron chi connectivity index (χ0n) is 35.8. The van der Waals surface area contributed by atoms with E-state index in [1.54, 1.807) is 0 Å². The maximum absolute atomic E-state index is 12.6. The second-order valence-corrected chi connectivity index (χ2v) is 16.1. The summed E-state index contributed by atoms with van der Waals surface area (Å²) < 4.78 is 32.7. The summed E-state index contributed by atoms with van der Waals surface area (Å²) in [5.41, 5.74) is 0. The summed E-state index contributed by atoms with van der Waals surface area (Å²) in [5, 5.41) is 18.3. The van der Waals surface area contributed by atoms with Crippen LogP contribution in [0.1, 0.15) is 181 Å². The van der Waals surface area contributed by atoms with Crippen molar-refractivity contribution in [3.63, 3.8) is 0 Å². The fourth-order valence-corrected chi connectivity index (χ4v) is 6.53. The fraction of sp³-hybridized carbons (Fsp3) is 0.739. The van der Waals surface area contributed by atoms with E-state index in [0.29, 0.717) is 12.8 Å². The van der Waals surface area contributed by atoms with Crippen molar-refractivity contribution in [2.45, 2.75) is 193 Å². The van der Waals surface area contributed by atoms with Gasteiger partial charge in [0, 0.05) is 12.8 Å². The molecule has 3 N–H and O–H groups in total. The zero-order chi connectivity index (χ0) is 41.9. The van der Waals surface area contributed by atoms with Crippen molar-refractivity contribution in [2.75, 3.05) is 26.4 Å². The predicted molar refractivity (Wildman–Crippen MR) is 233 cm³/mol. The minimum atomic E-state index is -4.63. The van der Waals surface area contributed by atoms with Crippen LogP contribution in [0.25, 0.3) is 0 Å². The number of allylic oxidation sites excluding steroid dienone is 10. The van der Waals surface area contributed by atoms with Crippen LogP contribution in [0.4, 0.5) is 0 Å². The standard InChI is InChI=1S/C46H81O10P/c1-3-5-7-9-11-13-15-17-19-21-23-25-27-29-31-33-35-37-45(49)53-41-44(42-55-57(51,52)54-40-43(48)39-47)56-46(50)38-36-34-32-30-28-26-24-22-20-18-16-14-12-10-8-6-4-2/h6,8,11-14,17-20,43-44,47-48H,3-5,7,9-10,15-16,21-42H2,1-2H3,(H,51,52)/b8-6-,13-11-,14-12-,19-17-,20-18-. The monoisotopic (exact) mass is 825 g/mol. The third kappa shape index (κ3) is 41.6. The molecule has 0 saturated heterocycles. The summed E-state index contributed by atoms with van der Waals surface area (Å²) in [7, 11) is -4.63. The van der Waals surface area contributed by atoms with Gasteiger partial charge in [-0.15, -0.1) is 0 Å². The van der Waals surface area contributed by atoms with Crippen LogP contribution in [-0.2, 0) is 32.7 Å². The molecule has 0 fully saturated rings. The Labute approximate surface area is 346 Å². The number of esters is 2. The molecule has 0 aliphatic rings. The lowest BCUT2D eigenvalue weighted by atomic mass is 10.1. The first-order valence-electron chi connectivity index (χ1n) is 22.2. The van der Waals surface area contributed by atoms with Gasteiger partial charge in [0.1, 0.15) is 12.7 Å². The third-order valence-corrected chi connectivity index (χ3v) is 10.1. The van der Waals surface area contributed by atoms with Gasteiger partial charge in [0.15, 0.2) is 6.10 Å². The van der Waals surface area contributed by atoms with Crippen molar-refractivity contribution in [2.24, 2.45) is 0 Å². The van der Waals surface area contributed by atoms with E-state index in [2.05, 4.69) is 74.6 Å². The molecule has 330 valence electrons. The van der Waals surface area contributed by atoms with Crippen molar-refractivity contribution in [1.29, 1.82) is 0 Å². The Bertz CT molecular complexity index is 1130. The van der Waals surface area contributed by atoms with Gasteiger partial charge in [-0.3, -0.25) is 18.6 Å². The lowest BCUT2D eigenvalue weighted by Crippen LogP contribution is -2.29. The topological polar surface area (TPSA) is 149 Å². The van der Waals surface area contributed by atoms with Gasteiger partial charge in [0.25, 0.3) is 0 Å². The van der Waals surface area contributed by atoms with Crippen LogP contribution < -0.4 is 0 Å². The maximum Gasteiger partial charge on any atom is 0.472 e. The van der Waals surface area contributed by atoms with E-state index in [1.165, 1.54) is 57.8 Å². The molecule has 3 unspecified atom stereocenters. The molecule has 0 bridgehead atoms. The highest BCUT2D eigenvalue weighted by molar-refractivity contribution is 7.47. The van der Waals surface area contributed by atoms with Gasteiger partial charge in [-0.1, -0.05) is 152 Å². The normalized spacial score (nSPS) is 14.4. The first kappa shape index (κ1) is 54.7. The van der Waals surface area contributed by atoms with Crippen molar-refractivity contribution >= 4 is 19.8 Å². The molecule has 0 aromatic carbocycles. The van der Waals surface area contributed by atoms with E-state index in [-0.39, 0.29) is 19.4 Å². The van der Waals surface area contributed by atoms with Crippen LogP contribution in [0.2, 0.25) is 0 Å². The van der Waals surface area contributed by atoms with Crippen molar-refractivity contribution in [1.82, 2.24) is 0 Å². The lowest BCUT2D eigenvalue weighted by Gasteiger charge is -2.20. The SMILES string of the molecule is CC/C=C\C/C=C\C/C=C\CCCCCCCCCC(=O)OC(COC(=O)CCCCCCCCC/C=C\C/C=C\CCCCC)COP(=O)(O)OCC(O)CO. The van der Waals surface area contributed by atoms with Gasteiger partial charge < -0.3 is 24.6 Å². The first-order chi connectivity index (χ1) is 27.7. The van der Waals surface area contributed by atoms with Gasteiger partial charge in [-0.05, 0) is 77.0 Å². The number of aliphatic hydroxyl groups excluding tert-OH is 2. The smallest absolute Gasteiger partial charge is 0.462 e. The van der Waals surface area contributed by atoms with Gasteiger partial charge in [-0.25, -0.2) is 4.57 Å². The zero-order valence-corrected chi connectivity index (χ0v) is 36.7. The largest absolute Gasteiger partial charge is 0.472 e. The summed E-state index contributed by atoms with van der Waals surface area (Å²) >= 11 is 0. The molecule has 0 spiro atoms. The average Bonchev–Trinajstić information content (AvgIpc) is 3.20. The molecule has 11 heteroatoms. The highest BCUT2D eigenvalue weighted by Gasteiger charge is 2.27. The van der Waals surface area contributed by atoms with Crippen molar-refractivity contribution < 1.29 is 47.8 Å². The van der Waals surface area contributed by atoms with E-state index in [1.807, 2.05) is 0 Å². The van der Waals surface area contributed by atoms with Gasteiger partial charge in [0.2, 0.25) is 0 Å². The van der Waals surface area contributed by atoms with Gasteiger partial charge in [0.05, 0.1) is 19.8 Å². The third-order valence-electron chi connectivity index (χ3n) is 9.16. The summed E-state index contributed by atoms with van der Waals surface area (Å²) in [4.78, 5) is 35.0. The average molecular weight is 825 g/mol. The molecule has 0 saturated carbocycles. The molecule has 3 atom stereocenters. The molecular formula is C46H81O10P. The number of ether oxygens (including phenoxy) is 2. The van der Waals surface area contributed by atoms with Gasteiger partial charge >= 0.3 is 19.8 Å². The van der Waals surface area contributed by atoms with E-state index >= 15 is 0 Å². The first-order valence-corrected chi connectivity index (χ1v) is 23.7. The Morgan fingerprint density at radius 2 is 0.965 bits per heavy atom. The minimum absolute atomic E-state index is 0.169. The number of hydrogen-bond donors (Lipinski definition) is 3. The van der Waals surface area contributed by atoms with E-state index in [4.69, 9.17) is 23.6 Å². The Kier molecular flexibility index (Phi) is 40.1. The van der Waals surface area contributed by atoms with Crippen molar-refractivity contribution in [3.05, 3.63) is 60.8 Å². The predicted octanol–water partition coefficient (Wildman–Crippen LogP) is 11.9. The number of phosphoric acid groups is 1. The quantitative estimate of drug-likeness (QED) is 0.0235. The number of carbonyl (C=O) groups is 2. The minimum Gasteiger partial charge on any atom is -0.462 e. The molecule has 0 amide bonds. The van der Waals surface area contributed by atoms with Crippen LogP contribution in [0.5, 0.6) is 0 Å². The Morgan fingerprint density at radius 1 is 0.544 bits per heavy atom. The van der Waals surface area contributed by atoms with Crippen LogP contribution in [0.15, 0.2) is 60.8 Å². The second-order valence-electron chi connectivity index (χ2n) is 14.7. The molecule has 0 radical (unpaired) electrons. The number of carbonyl (C=O) groups excluding carboxylic acids is 2. The number of unbranched alkanes of at least 4 members (excludes halogenated alkanes) is 17. The molecular weight excluding hydrogens is 743 g/mol. The lowest BCUT2D eigenvalue weighted by molar-refractivity contribution is -0.161. The molecule has 0 aromatic rings. The highest BCUT2D eigenvalue weighted by atomic mass is 31.2.